The van der Waals surface area contributed by atoms with Crippen LogP contribution in [0.1, 0.15) is 59.9 Å². The summed E-state index contributed by atoms with van der Waals surface area (Å²) in [4.78, 5) is 23.7. The number of hydrogen-bond acceptors (Lipinski definition) is 3. The summed E-state index contributed by atoms with van der Waals surface area (Å²) >= 11 is 0. The lowest BCUT2D eigenvalue weighted by Gasteiger charge is -2.13. The minimum atomic E-state index is -0.244. The fourth-order valence-electron chi connectivity index (χ4n) is 2.49. The number of ether oxygens (including phenoxy) is 1. The second-order valence-corrected chi connectivity index (χ2v) is 6.29. The Kier molecular flexibility index (Phi) is 6.75. The van der Waals surface area contributed by atoms with Crippen LogP contribution >= 0.6 is 0 Å². The summed E-state index contributed by atoms with van der Waals surface area (Å²) in [7, 11) is 0. The zero-order valence-corrected chi connectivity index (χ0v) is 15.0. The minimum absolute atomic E-state index is 0.0151. The lowest BCUT2D eigenvalue weighted by atomic mass is 10.1. The van der Waals surface area contributed by atoms with Crippen LogP contribution in [0.5, 0.6) is 5.75 Å². The summed E-state index contributed by atoms with van der Waals surface area (Å²) in [5.41, 5.74) is 2.66. The number of nitrogens with one attached hydrogen (secondary N) is 1. The van der Waals surface area contributed by atoms with Gasteiger partial charge < -0.3 is 10.1 Å². The highest BCUT2D eigenvalue weighted by molar-refractivity contribution is 6.06. The summed E-state index contributed by atoms with van der Waals surface area (Å²) in [6, 6.07) is 12.6. The van der Waals surface area contributed by atoms with Crippen LogP contribution in [0.25, 0.3) is 0 Å². The average molecular weight is 339 g/mol. The van der Waals surface area contributed by atoms with Crippen LogP contribution in [0.4, 0.5) is 5.69 Å². The van der Waals surface area contributed by atoms with E-state index >= 15 is 0 Å². The van der Waals surface area contributed by atoms with Crippen molar-refractivity contribution in [1.82, 2.24) is 0 Å². The normalized spacial score (nSPS) is 10.6. The Labute approximate surface area is 149 Å². The van der Waals surface area contributed by atoms with Gasteiger partial charge in [-0.3, -0.25) is 9.59 Å². The minimum Gasteiger partial charge on any atom is -0.491 e. The maximum absolute atomic E-state index is 12.5. The number of anilines is 1. The number of carbonyl (C=O) groups excluding carboxylic acids is 2. The van der Waals surface area contributed by atoms with Crippen molar-refractivity contribution in [3.63, 3.8) is 0 Å². The molecule has 0 atom stereocenters. The van der Waals surface area contributed by atoms with E-state index < -0.39 is 0 Å². The number of aldehydes is 1. The highest BCUT2D eigenvalue weighted by Crippen LogP contribution is 2.23. The zero-order valence-electron chi connectivity index (χ0n) is 15.0. The van der Waals surface area contributed by atoms with E-state index in [0.29, 0.717) is 22.6 Å². The van der Waals surface area contributed by atoms with Crippen LogP contribution in [-0.2, 0) is 6.42 Å². The molecule has 2 aromatic carbocycles. The van der Waals surface area contributed by atoms with Crippen molar-refractivity contribution in [2.75, 3.05) is 5.32 Å². The number of benzene rings is 2. The molecule has 0 aromatic heterocycles. The van der Waals surface area contributed by atoms with Gasteiger partial charge in [0.05, 0.1) is 11.8 Å². The molecule has 25 heavy (non-hydrogen) atoms. The largest absolute Gasteiger partial charge is 0.491 e. The Hall–Kier alpha value is -2.62. The number of rotatable bonds is 8. The van der Waals surface area contributed by atoms with Gasteiger partial charge in [0.1, 0.15) is 5.75 Å². The van der Waals surface area contributed by atoms with Crippen molar-refractivity contribution >= 4 is 17.9 Å². The summed E-state index contributed by atoms with van der Waals surface area (Å²) in [5, 5.41) is 2.80. The quantitative estimate of drug-likeness (QED) is 0.697. The monoisotopic (exact) mass is 339 g/mol. The van der Waals surface area contributed by atoms with E-state index in [1.54, 1.807) is 18.2 Å². The molecule has 0 unspecified atom stereocenters. The fourth-order valence-corrected chi connectivity index (χ4v) is 2.49. The van der Waals surface area contributed by atoms with Crippen molar-refractivity contribution in [3.8, 4) is 5.75 Å². The standard InChI is InChI=1S/C21H25NO3/c1-4-5-6-16-7-9-17(10-8-16)21(24)22-20-13-19(25-15(2)3)12-11-18(20)14-23/h7-15H,4-6H2,1-3H3,(H,22,24). The van der Waals surface area contributed by atoms with E-state index in [0.717, 1.165) is 25.5 Å². The molecule has 0 aliphatic carbocycles. The number of amides is 1. The van der Waals surface area contributed by atoms with Gasteiger partial charge in [-0.25, -0.2) is 0 Å². The Morgan fingerprint density at radius 2 is 1.88 bits per heavy atom. The molecule has 2 rings (SSSR count). The van der Waals surface area contributed by atoms with E-state index in [4.69, 9.17) is 4.74 Å². The molecule has 4 heteroatoms. The van der Waals surface area contributed by atoms with Crippen LogP contribution in [0.15, 0.2) is 42.5 Å². The summed E-state index contributed by atoms with van der Waals surface area (Å²) < 4.78 is 5.63. The van der Waals surface area contributed by atoms with E-state index in [9.17, 15) is 9.59 Å². The SMILES string of the molecule is CCCCc1ccc(C(=O)Nc2cc(OC(C)C)ccc2C=O)cc1. The molecule has 1 amide bonds. The first-order chi connectivity index (χ1) is 12.0. The first kappa shape index (κ1) is 18.7. The average Bonchev–Trinajstić information content (AvgIpc) is 2.60. The molecule has 2 aromatic rings. The predicted octanol–water partition coefficient (Wildman–Crippen LogP) is 4.88. The number of hydrogen-bond donors (Lipinski definition) is 1. The molecule has 4 nitrogen and oxygen atoms in total. The lowest BCUT2D eigenvalue weighted by Crippen LogP contribution is -2.14. The molecule has 0 aliphatic heterocycles. The Morgan fingerprint density at radius 1 is 1.16 bits per heavy atom. The number of unbranched alkanes of at least 4 members (excludes halogenated alkanes) is 1. The summed E-state index contributed by atoms with van der Waals surface area (Å²) in [6.07, 6.45) is 4.04. The van der Waals surface area contributed by atoms with Crippen LogP contribution in [-0.4, -0.2) is 18.3 Å². The highest BCUT2D eigenvalue weighted by atomic mass is 16.5. The summed E-state index contributed by atoms with van der Waals surface area (Å²) in [6.45, 7) is 6.00. The molecule has 0 bridgehead atoms. The second kappa shape index (κ2) is 9.02. The third-order valence-corrected chi connectivity index (χ3v) is 3.81. The molecule has 0 aliphatic rings. The van der Waals surface area contributed by atoms with Crippen molar-refractivity contribution in [1.29, 1.82) is 0 Å². The molecule has 132 valence electrons. The van der Waals surface area contributed by atoms with Crippen molar-refractivity contribution in [2.45, 2.75) is 46.1 Å². The van der Waals surface area contributed by atoms with E-state index in [2.05, 4.69) is 12.2 Å². The second-order valence-electron chi connectivity index (χ2n) is 6.29. The first-order valence-corrected chi connectivity index (χ1v) is 8.69. The molecular weight excluding hydrogens is 314 g/mol. The van der Waals surface area contributed by atoms with E-state index in [1.165, 1.54) is 5.56 Å². The molecule has 0 heterocycles. The topological polar surface area (TPSA) is 55.4 Å². The van der Waals surface area contributed by atoms with Crippen LogP contribution in [0.3, 0.4) is 0 Å². The van der Waals surface area contributed by atoms with Gasteiger partial charge in [0.15, 0.2) is 6.29 Å². The van der Waals surface area contributed by atoms with Crippen LogP contribution < -0.4 is 10.1 Å². The van der Waals surface area contributed by atoms with Gasteiger partial charge >= 0.3 is 0 Å². The maximum atomic E-state index is 12.5. The van der Waals surface area contributed by atoms with Crippen molar-refractivity contribution in [2.24, 2.45) is 0 Å². The molecule has 0 radical (unpaired) electrons. The van der Waals surface area contributed by atoms with E-state index in [1.807, 2.05) is 38.1 Å². The highest BCUT2D eigenvalue weighted by Gasteiger charge is 2.11. The maximum Gasteiger partial charge on any atom is 0.255 e. The van der Waals surface area contributed by atoms with Gasteiger partial charge in [0.25, 0.3) is 5.91 Å². The van der Waals surface area contributed by atoms with Gasteiger partial charge in [0.2, 0.25) is 0 Å². The van der Waals surface area contributed by atoms with Crippen molar-refractivity contribution < 1.29 is 14.3 Å². The van der Waals surface area contributed by atoms with E-state index in [-0.39, 0.29) is 12.0 Å². The van der Waals surface area contributed by atoms with Gasteiger partial charge in [-0.1, -0.05) is 25.5 Å². The molecule has 1 N–H and O–H groups in total. The van der Waals surface area contributed by atoms with Gasteiger partial charge in [-0.05, 0) is 56.5 Å². The van der Waals surface area contributed by atoms with Gasteiger partial charge in [0, 0.05) is 17.2 Å². The fraction of sp³-hybridized carbons (Fsp3) is 0.333. The number of carbonyl (C=O) groups is 2. The predicted molar refractivity (Wildman–Crippen MR) is 101 cm³/mol. The third-order valence-electron chi connectivity index (χ3n) is 3.81. The van der Waals surface area contributed by atoms with Crippen molar-refractivity contribution in [3.05, 3.63) is 59.2 Å². The third kappa shape index (κ3) is 5.45. The Bertz CT molecular complexity index is 720. The lowest BCUT2D eigenvalue weighted by molar-refractivity contribution is 0.102. The molecule has 0 saturated carbocycles. The Balaban J connectivity index is 2.14. The first-order valence-electron chi connectivity index (χ1n) is 8.69. The summed E-state index contributed by atoms with van der Waals surface area (Å²) in [5.74, 6) is 0.373. The molecular formula is C21H25NO3. The van der Waals surface area contributed by atoms with Crippen LogP contribution in [0, 0.1) is 0 Å². The van der Waals surface area contributed by atoms with Gasteiger partial charge in [-0.2, -0.15) is 0 Å². The molecule has 0 fully saturated rings. The molecule has 0 spiro atoms. The smallest absolute Gasteiger partial charge is 0.255 e. The Morgan fingerprint density at radius 3 is 2.48 bits per heavy atom. The van der Waals surface area contributed by atoms with Gasteiger partial charge in [-0.15, -0.1) is 0 Å². The molecule has 0 saturated heterocycles. The number of aryl methyl sites for hydroxylation is 1. The zero-order chi connectivity index (χ0) is 18.2. The van der Waals surface area contributed by atoms with Crippen LogP contribution in [0.2, 0.25) is 0 Å².